The Balaban J connectivity index is 2.05. The minimum Gasteiger partial charge on any atom is -0.344 e. The van der Waals surface area contributed by atoms with Gasteiger partial charge in [0.15, 0.2) is 9.84 Å². The predicted molar refractivity (Wildman–Crippen MR) is 98.0 cm³/mol. The van der Waals surface area contributed by atoms with Crippen LogP contribution in [0.2, 0.25) is 5.02 Å². The van der Waals surface area contributed by atoms with Gasteiger partial charge in [-0.2, -0.15) is 5.48 Å². The lowest BCUT2D eigenvalue weighted by molar-refractivity contribution is -0.132. The van der Waals surface area contributed by atoms with Gasteiger partial charge >= 0.3 is 6.47 Å². The zero-order valence-electron chi connectivity index (χ0n) is 14.0. The Hall–Kier alpha value is -2.91. The third-order valence-corrected chi connectivity index (χ3v) is 5.99. The summed E-state index contributed by atoms with van der Waals surface area (Å²) in [6, 6.07) is 7.96. The average Bonchev–Trinajstić information content (AvgIpc) is 2.58. The van der Waals surface area contributed by atoms with Gasteiger partial charge in [0.05, 0.1) is 10.6 Å². The van der Waals surface area contributed by atoms with Crippen molar-refractivity contribution in [3.8, 4) is 11.1 Å². The van der Waals surface area contributed by atoms with Crippen molar-refractivity contribution in [3.05, 3.63) is 52.0 Å². The molecule has 8 nitrogen and oxygen atoms in total. The second-order valence-corrected chi connectivity index (χ2v) is 8.26. The van der Waals surface area contributed by atoms with Gasteiger partial charge in [-0.25, -0.2) is 8.42 Å². The van der Waals surface area contributed by atoms with E-state index in [-0.39, 0.29) is 22.7 Å². The van der Waals surface area contributed by atoms with Gasteiger partial charge in [0.25, 0.3) is 5.91 Å². The van der Waals surface area contributed by atoms with Crippen LogP contribution in [-0.2, 0) is 25.2 Å². The number of rotatable bonds is 3. The van der Waals surface area contributed by atoms with Crippen molar-refractivity contribution < 1.29 is 22.8 Å². The second-order valence-electron chi connectivity index (χ2n) is 5.87. The van der Waals surface area contributed by atoms with Gasteiger partial charge in [0.1, 0.15) is 0 Å². The maximum atomic E-state index is 12.7. The number of carbonyl (C=O) groups is 2. The molecule has 3 rings (SSSR count). The first-order valence-electron chi connectivity index (χ1n) is 7.64. The van der Waals surface area contributed by atoms with Crippen LogP contribution in [0.25, 0.3) is 11.1 Å². The summed E-state index contributed by atoms with van der Waals surface area (Å²) >= 11 is 5.97. The van der Waals surface area contributed by atoms with Crippen molar-refractivity contribution in [3.63, 3.8) is 0 Å². The number of aryl methyl sites for hydroxylation is 1. The van der Waals surface area contributed by atoms with E-state index in [0.29, 0.717) is 21.7 Å². The second kappa shape index (κ2) is 7.01. The van der Waals surface area contributed by atoms with Gasteiger partial charge in [-0.15, -0.1) is 0 Å². The lowest BCUT2D eigenvalue weighted by Gasteiger charge is -2.22. The van der Waals surface area contributed by atoms with E-state index in [1.165, 1.54) is 6.07 Å². The maximum absolute atomic E-state index is 12.7. The molecule has 10 heteroatoms. The fraction of sp³-hybridized carbons (Fsp3) is 0.118. The Morgan fingerprint density at radius 3 is 2.70 bits per heavy atom. The highest BCUT2D eigenvalue weighted by atomic mass is 35.5. The number of carbonyl (C=O) groups excluding carboxylic acids is 2. The maximum Gasteiger partial charge on any atom is 0.320 e. The molecule has 0 aromatic heterocycles. The summed E-state index contributed by atoms with van der Waals surface area (Å²) in [4.78, 5) is 26.7. The summed E-state index contributed by atoms with van der Waals surface area (Å²) in [5.74, 6) is -1.49. The molecule has 0 saturated heterocycles. The van der Waals surface area contributed by atoms with Crippen molar-refractivity contribution in [1.82, 2.24) is 10.8 Å². The number of hydroxylamine groups is 1. The Morgan fingerprint density at radius 2 is 2.00 bits per heavy atom. The summed E-state index contributed by atoms with van der Waals surface area (Å²) < 4.78 is 25.4. The molecule has 0 atom stereocenters. The monoisotopic (exact) mass is 407 g/mol. The molecule has 0 spiro atoms. The molecular formula is C17H14ClN3O5S. The number of guanidine groups is 1. The van der Waals surface area contributed by atoms with E-state index in [1.54, 1.807) is 31.2 Å². The molecular weight excluding hydrogens is 394 g/mol. The molecule has 3 N–H and O–H groups in total. The highest BCUT2D eigenvalue weighted by molar-refractivity contribution is 7.90. The normalized spacial score (nSPS) is 13.7. The largest absolute Gasteiger partial charge is 0.344 e. The van der Waals surface area contributed by atoms with E-state index in [4.69, 9.17) is 17.0 Å². The van der Waals surface area contributed by atoms with E-state index < -0.39 is 21.7 Å². The SMILES string of the molecule is Cc1cc2c(cc1C(=O)NC(=N)NOC=O)S(=O)(=O)Cc1cc(Cl)ccc1-2. The van der Waals surface area contributed by atoms with Crippen LogP contribution in [0.5, 0.6) is 0 Å². The minimum atomic E-state index is -3.67. The summed E-state index contributed by atoms with van der Waals surface area (Å²) in [7, 11) is -3.67. The zero-order valence-corrected chi connectivity index (χ0v) is 15.6. The van der Waals surface area contributed by atoms with Crippen molar-refractivity contribution in [2.45, 2.75) is 17.6 Å². The summed E-state index contributed by atoms with van der Waals surface area (Å²) in [6.07, 6.45) is 0. The predicted octanol–water partition coefficient (Wildman–Crippen LogP) is 1.94. The van der Waals surface area contributed by atoms with Crippen LogP contribution in [0.15, 0.2) is 35.2 Å². The van der Waals surface area contributed by atoms with E-state index in [2.05, 4.69) is 10.2 Å². The number of hydrogen-bond acceptors (Lipinski definition) is 6. The molecule has 27 heavy (non-hydrogen) atoms. The van der Waals surface area contributed by atoms with Crippen molar-refractivity contribution >= 4 is 39.8 Å². The Bertz CT molecular complexity index is 1080. The van der Waals surface area contributed by atoms with Gasteiger partial charge in [-0.1, -0.05) is 17.7 Å². The smallest absolute Gasteiger partial charge is 0.320 e. The highest BCUT2D eigenvalue weighted by Gasteiger charge is 2.30. The number of fused-ring (bicyclic) bond motifs is 3. The first-order chi connectivity index (χ1) is 12.7. The van der Waals surface area contributed by atoms with E-state index in [1.807, 2.05) is 5.48 Å². The van der Waals surface area contributed by atoms with Gasteiger partial charge in [-0.3, -0.25) is 20.3 Å². The third kappa shape index (κ3) is 3.64. The topological polar surface area (TPSA) is 125 Å². The Kier molecular flexibility index (Phi) is 4.90. The standard InChI is InChI=1S/C17H14ClN3O5S/c1-9-4-14-12-3-2-11(18)5-10(12)7-27(24,25)15(14)6-13(9)16(23)20-17(19)21-26-8-22/h2-6,8H,7H2,1H3,(H3,19,20,21,23). The van der Waals surface area contributed by atoms with Crippen LogP contribution in [0.4, 0.5) is 0 Å². The third-order valence-electron chi connectivity index (χ3n) is 4.06. The number of amides is 1. The van der Waals surface area contributed by atoms with E-state index in [0.717, 1.165) is 5.56 Å². The van der Waals surface area contributed by atoms with Crippen molar-refractivity contribution in [2.24, 2.45) is 0 Å². The number of hydrogen-bond donors (Lipinski definition) is 3. The van der Waals surface area contributed by atoms with E-state index >= 15 is 0 Å². The first kappa shape index (κ1) is 18.9. The molecule has 0 saturated carbocycles. The van der Waals surface area contributed by atoms with Crippen LogP contribution in [-0.4, -0.2) is 26.8 Å². The summed E-state index contributed by atoms with van der Waals surface area (Å²) in [5.41, 5.74) is 4.36. The molecule has 1 aliphatic heterocycles. The van der Waals surface area contributed by atoms with Crippen molar-refractivity contribution in [2.75, 3.05) is 0 Å². The van der Waals surface area contributed by atoms with Gasteiger partial charge < -0.3 is 4.84 Å². The first-order valence-corrected chi connectivity index (χ1v) is 9.67. The molecule has 0 fully saturated rings. The molecule has 0 radical (unpaired) electrons. The number of halogens is 1. The fourth-order valence-corrected chi connectivity index (χ4v) is 4.72. The van der Waals surface area contributed by atoms with E-state index in [9.17, 15) is 18.0 Å². The average molecular weight is 408 g/mol. The highest BCUT2D eigenvalue weighted by Crippen LogP contribution is 2.40. The van der Waals surface area contributed by atoms with Crippen LogP contribution in [0, 0.1) is 12.3 Å². The molecule has 1 amide bonds. The molecule has 1 heterocycles. The fourth-order valence-electron chi connectivity index (χ4n) is 2.92. The van der Waals surface area contributed by atoms with Gasteiger partial charge in [0.2, 0.25) is 5.96 Å². The zero-order chi connectivity index (χ0) is 19.8. The minimum absolute atomic E-state index is 0.0386. The molecule has 2 aromatic rings. The van der Waals surface area contributed by atoms with Crippen LogP contribution < -0.4 is 10.8 Å². The molecule has 1 aliphatic rings. The molecule has 140 valence electrons. The Labute approximate surface area is 159 Å². The summed E-state index contributed by atoms with van der Waals surface area (Å²) in [5, 5.41) is 10.1. The van der Waals surface area contributed by atoms with Crippen LogP contribution >= 0.6 is 11.6 Å². The lowest BCUT2D eigenvalue weighted by Crippen LogP contribution is -2.40. The number of benzene rings is 2. The van der Waals surface area contributed by atoms with Crippen molar-refractivity contribution in [1.29, 1.82) is 5.41 Å². The molecule has 0 unspecified atom stereocenters. The quantitative estimate of drug-likeness (QED) is 0.309. The summed E-state index contributed by atoms with van der Waals surface area (Å²) in [6.45, 7) is 1.71. The molecule has 0 bridgehead atoms. The van der Waals surface area contributed by atoms with Gasteiger partial charge in [0, 0.05) is 16.1 Å². The van der Waals surface area contributed by atoms with Crippen LogP contribution in [0.1, 0.15) is 21.5 Å². The molecule has 0 aliphatic carbocycles. The lowest BCUT2D eigenvalue weighted by atomic mass is 9.96. The number of sulfone groups is 1. The Morgan fingerprint density at radius 1 is 1.26 bits per heavy atom. The van der Waals surface area contributed by atoms with Gasteiger partial charge in [-0.05, 0) is 47.9 Å². The van der Waals surface area contributed by atoms with Crippen LogP contribution in [0.3, 0.4) is 0 Å². The molecule has 2 aromatic carbocycles. The number of nitrogens with one attached hydrogen (secondary N) is 3.